The topological polar surface area (TPSA) is 278 Å². The van der Waals surface area contributed by atoms with Crippen molar-refractivity contribution in [2.75, 3.05) is 24.7 Å². The molecule has 0 aliphatic rings. The SMILES string of the molecule is C.CCOC(=O)c1n[nH]c2ccc(Br)c([N+](=O)[O-])c12.CCOC(=O)c1n[nH]c2ccc(Br)cc12.Cc1cc(N)nc(C)c1CNC(=O)c1nn(Cc2ccc3ncc(Cl)cc3c2)c2cccc(N)c12. The highest BCUT2D eigenvalue weighted by atomic mass is 79.9. The van der Waals surface area contributed by atoms with Gasteiger partial charge in [0.25, 0.3) is 11.6 Å². The number of nitro groups is 1. The average Bonchev–Trinajstić information content (AvgIpc) is 4.02. The number of aromatic amines is 2. The summed E-state index contributed by atoms with van der Waals surface area (Å²) in [5, 5.41) is 34.8. The maximum absolute atomic E-state index is 13.2. The van der Waals surface area contributed by atoms with Crippen molar-refractivity contribution in [1.82, 2.24) is 45.5 Å². The first-order valence-electron chi connectivity index (χ1n) is 20.7. The number of ether oxygens (including phenoxy) is 2. The number of aryl methyl sites for hydroxylation is 2. The lowest BCUT2D eigenvalue weighted by atomic mass is 10.1. The molecule has 356 valence electrons. The van der Waals surface area contributed by atoms with E-state index in [9.17, 15) is 24.5 Å². The lowest BCUT2D eigenvalue weighted by molar-refractivity contribution is -0.383. The Morgan fingerprint density at radius 3 is 2.28 bits per heavy atom. The van der Waals surface area contributed by atoms with E-state index in [1.165, 1.54) is 6.07 Å². The second kappa shape index (κ2) is 22.1. The van der Waals surface area contributed by atoms with Gasteiger partial charge in [0, 0.05) is 39.4 Å². The minimum atomic E-state index is -0.690. The number of H-pyrrole nitrogens is 2. The van der Waals surface area contributed by atoms with Gasteiger partial charge >= 0.3 is 11.9 Å². The van der Waals surface area contributed by atoms with Gasteiger partial charge in [-0.05, 0) is 127 Å². The Balaban J connectivity index is 0.000000192. The number of amides is 1. The van der Waals surface area contributed by atoms with E-state index in [1.54, 1.807) is 42.9 Å². The van der Waals surface area contributed by atoms with E-state index >= 15 is 0 Å². The molecule has 5 heterocycles. The molecule has 0 spiro atoms. The first-order valence-corrected chi connectivity index (χ1v) is 22.6. The van der Waals surface area contributed by atoms with E-state index < -0.39 is 16.9 Å². The van der Waals surface area contributed by atoms with E-state index in [1.807, 2.05) is 68.4 Å². The average molecular weight is 1090 g/mol. The minimum absolute atomic E-state index is 0. The van der Waals surface area contributed by atoms with Crippen LogP contribution < -0.4 is 16.8 Å². The van der Waals surface area contributed by atoms with Gasteiger partial charge in [0.15, 0.2) is 17.1 Å². The molecule has 22 heteroatoms. The van der Waals surface area contributed by atoms with Gasteiger partial charge in [-0.2, -0.15) is 15.3 Å². The van der Waals surface area contributed by atoms with Crippen LogP contribution in [0.2, 0.25) is 5.02 Å². The van der Waals surface area contributed by atoms with Crippen molar-refractivity contribution in [1.29, 1.82) is 0 Å². The summed E-state index contributed by atoms with van der Waals surface area (Å²) < 4.78 is 12.7. The molecule has 0 aliphatic heterocycles. The Kier molecular flexibility index (Phi) is 16.3. The van der Waals surface area contributed by atoms with Crippen molar-refractivity contribution >= 4 is 122 Å². The van der Waals surface area contributed by atoms with Crippen LogP contribution in [0.15, 0.2) is 94.0 Å². The molecular formula is C47H45Br2ClN12O7. The lowest BCUT2D eigenvalue weighted by Gasteiger charge is -2.11. The first kappa shape index (κ1) is 50.9. The number of fused-ring (bicyclic) bond motifs is 4. The fourth-order valence-electron chi connectivity index (χ4n) is 7.31. The van der Waals surface area contributed by atoms with Crippen molar-refractivity contribution in [2.45, 2.75) is 48.2 Å². The number of anilines is 2. The van der Waals surface area contributed by atoms with Crippen LogP contribution in [-0.2, 0) is 22.6 Å². The first-order chi connectivity index (χ1) is 32.6. The second-order valence-electron chi connectivity index (χ2n) is 14.9. The summed E-state index contributed by atoms with van der Waals surface area (Å²) in [7, 11) is 0. The Morgan fingerprint density at radius 2 is 1.57 bits per heavy atom. The Morgan fingerprint density at radius 1 is 0.870 bits per heavy atom. The third kappa shape index (κ3) is 11.3. The zero-order chi connectivity index (χ0) is 48.8. The highest BCUT2D eigenvalue weighted by Gasteiger charge is 2.27. The number of nitro benzene ring substituents is 1. The summed E-state index contributed by atoms with van der Waals surface area (Å²) in [5.41, 5.74) is 19.5. The number of nitrogens with one attached hydrogen (secondary N) is 3. The molecule has 7 N–H and O–H groups in total. The predicted molar refractivity (Wildman–Crippen MR) is 272 cm³/mol. The molecular weight excluding hydrogens is 1040 g/mol. The van der Waals surface area contributed by atoms with Crippen LogP contribution in [0.1, 0.15) is 75.1 Å². The number of benzene rings is 4. The third-order valence-corrected chi connectivity index (χ3v) is 11.7. The number of carbonyl (C=O) groups is 3. The van der Waals surface area contributed by atoms with Crippen LogP contribution in [0.4, 0.5) is 17.2 Å². The zero-order valence-electron chi connectivity index (χ0n) is 36.7. The van der Waals surface area contributed by atoms with Gasteiger partial charge in [0.05, 0.1) is 61.6 Å². The van der Waals surface area contributed by atoms with Crippen molar-refractivity contribution in [3.8, 4) is 0 Å². The molecule has 0 atom stereocenters. The molecule has 9 rings (SSSR count). The van der Waals surface area contributed by atoms with Gasteiger partial charge in [-0.3, -0.25) is 34.8 Å². The van der Waals surface area contributed by atoms with Crippen LogP contribution in [-0.4, -0.2) is 76.1 Å². The van der Waals surface area contributed by atoms with Crippen LogP contribution in [0, 0.1) is 24.0 Å². The molecule has 9 aromatic rings. The molecule has 4 aromatic carbocycles. The van der Waals surface area contributed by atoms with Crippen molar-refractivity contribution in [3.63, 3.8) is 0 Å². The number of nitrogen functional groups attached to an aromatic ring is 2. The lowest BCUT2D eigenvalue weighted by Crippen LogP contribution is -2.25. The van der Waals surface area contributed by atoms with E-state index in [-0.39, 0.29) is 46.9 Å². The standard InChI is InChI=1S/C26H24ClN7O.C10H8BrN3O4.C10H9BrN2O2.CH4/c1-14-8-23(29)32-15(2)19(14)12-31-26(35)25-24-20(28)4-3-5-22(24)34(33-25)13-16-6-7-21-17(9-16)10-18(27)11-30-21;1-2-18-10(15)8-7-6(12-13-8)4-3-5(11)9(7)14(16)17;1-2-15-10(14)9-7-5-6(11)3-4-8(7)12-13-9;/h3-11H,12-13,28H2,1-2H3,(H2,29,32)(H,31,35);3-4H,2H2,1H3,(H,12,13);3-5H,2H2,1H3,(H,12,13);1H4. The normalized spacial score (nSPS) is 10.8. The summed E-state index contributed by atoms with van der Waals surface area (Å²) in [6, 6.07) is 23.9. The molecule has 0 saturated heterocycles. The largest absolute Gasteiger partial charge is 0.461 e. The summed E-state index contributed by atoms with van der Waals surface area (Å²) in [6.07, 6.45) is 1.63. The molecule has 0 unspecified atom stereocenters. The summed E-state index contributed by atoms with van der Waals surface area (Å²) in [6.45, 7) is 8.52. The minimum Gasteiger partial charge on any atom is -0.461 e. The van der Waals surface area contributed by atoms with E-state index in [0.29, 0.717) is 52.8 Å². The number of halogens is 3. The smallest absolute Gasteiger partial charge is 0.359 e. The maximum atomic E-state index is 13.2. The summed E-state index contributed by atoms with van der Waals surface area (Å²) >= 11 is 12.6. The Bertz CT molecular complexity index is 3390. The van der Waals surface area contributed by atoms with Gasteiger partial charge in [0.2, 0.25) is 0 Å². The molecule has 0 saturated carbocycles. The Labute approximate surface area is 415 Å². The third-order valence-electron chi connectivity index (χ3n) is 10.4. The monoisotopic (exact) mass is 1080 g/mol. The highest BCUT2D eigenvalue weighted by molar-refractivity contribution is 9.10. The molecule has 19 nitrogen and oxygen atoms in total. The number of esters is 2. The van der Waals surface area contributed by atoms with Crippen molar-refractivity contribution in [2.24, 2.45) is 0 Å². The van der Waals surface area contributed by atoms with E-state index in [2.05, 4.69) is 72.6 Å². The van der Waals surface area contributed by atoms with Crippen LogP contribution in [0.5, 0.6) is 0 Å². The van der Waals surface area contributed by atoms with Crippen molar-refractivity contribution in [3.05, 3.63) is 149 Å². The maximum Gasteiger partial charge on any atom is 0.359 e. The quantitative estimate of drug-likeness (QED) is 0.0369. The van der Waals surface area contributed by atoms with Gasteiger partial charge in [0.1, 0.15) is 11.2 Å². The number of pyridine rings is 2. The molecule has 69 heavy (non-hydrogen) atoms. The number of nitrogens with two attached hydrogens (primary N) is 2. The number of hydrogen-bond donors (Lipinski definition) is 5. The van der Waals surface area contributed by atoms with Crippen molar-refractivity contribution < 1.29 is 28.8 Å². The van der Waals surface area contributed by atoms with E-state index in [4.69, 9.17) is 32.5 Å². The van der Waals surface area contributed by atoms with Gasteiger partial charge in [-0.1, -0.05) is 47.1 Å². The highest BCUT2D eigenvalue weighted by Crippen LogP contribution is 2.35. The predicted octanol–water partition coefficient (Wildman–Crippen LogP) is 9.94. The zero-order valence-corrected chi connectivity index (χ0v) is 40.6. The molecule has 0 fully saturated rings. The van der Waals surface area contributed by atoms with Gasteiger partial charge in [-0.15, -0.1) is 0 Å². The fourth-order valence-corrected chi connectivity index (χ4v) is 8.31. The van der Waals surface area contributed by atoms with Crippen LogP contribution >= 0.6 is 43.5 Å². The molecule has 0 bridgehead atoms. The number of aromatic nitrogens is 8. The van der Waals surface area contributed by atoms with Crippen LogP contribution in [0.25, 0.3) is 43.6 Å². The molecule has 0 radical (unpaired) electrons. The van der Waals surface area contributed by atoms with Gasteiger partial charge in [-0.25, -0.2) is 14.6 Å². The summed E-state index contributed by atoms with van der Waals surface area (Å²) in [4.78, 5) is 55.5. The number of hydrogen-bond acceptors (Lipinski definition) is 14. The molecule has 0 aliphatic carbocycles. The number of rotatable bonds is 10. The molecule has 5 aromatic heterocycles. The van der Waals surface area contributed by atoms with E-state index in [0.717, 1.165) is 54.2 Å². The fraction of sp³-hybridized carbons (Fsp3) is 0.191. The summed E-state index contributed by atoms with van der Waals surface area (Å²) in [5.74, 6) is -0.942. The Hall–Kier alpha value is -7.49. The van der Waals surface area contributed by atoms with Gasteiger partial charge < -0.3 is 26.3 Å². The van der Waals surface area contributed by atoms with Crippen LogP contribution in [0.3, 0.4) is 0 Å². The molecule has 1 amide bonds. The number of nitrogens with zero attached hydrogens (tertiary/aromatic N) is 7. The number of carbonyl (C=O) groups excluding carboxylic acids is 3. The second-order valence-corrected chi connectivity index (χ2v) is 17.1.